The monoisotopic (exact) mass is 301 g/mol. The Bertz CT molecular complexity index is 439. The van der Waals surface area contributed by atoms with E-state index in [2.05, 4.69) is 29.1 Å². The van der Waals surface area contributed by atoms with E-state index >= 15 is 0 Å². The second-order valence-electron chi connectivity index (χ2n) is 6.40. The number of rotatable bonds is 4. The molecular formula is C14H27N3O2S. The van der Waals surface area contributed by atoms with Gasteiger partial charge in [0.15, 0.2) is 15.8 Å². The predicted octanol–water partition coefficient (Wildman–Crippen LogP) is 1.12. The first-order valence-electron chi connectivity index (χ1n) is 7.70. The van der Waals surface area contributed by atoms with Crippen molar-refractivity contribution in [3.05, 3.63) is 0 Å². The second kappa shape index (κ2) is 6.78. The molecule has 0 aromatic heterocycles. The highest BCUT2D eigenvalue weighted by Gasteiger charge is 2.28. The lowest BCUT2D eigenvalue weighted by Gasteiger charge is -2.23. The summed E-state index contributed by atoms with van der Waals surface area (Å²) < 4.78 is 23.0. The summed E-state index contributed by atoms with van der Waals surface area (Å²) in [5.41, 5.74) is 0. The van der Waals surface area contributed by atoms with Crippen LogP contribution in [-0.4, -0.2) is 57.0 Å². The van der Waals surface area contributed by atoms with Crippen LogP contribution in [0, 0.1) is 11.8 Å². The number of likely N-dealkylation sites (tertiary alicyclic amines) is 1. The summed E-state index contributed by atoms with van der Waals surface area (Å²) in [6.45, 7) is 8.00. The average Bonchev–Trinajstić information content (AvgIpc) is 2.98. The second-order valence-corrected chi connectivity index (χ2v) is 8.63. The van der Waals surface area contributed by atoms with E-state index in [0.29, 0.717) is 17.4 Å². The summed E-state index contributed by atoms with van der Waals surface area (Å²) in [4.78, 5) is 6.98. The first kappa shape index (κ1) is 15.6. The molecule has 2 aliphatic heterocycles. The van der Waals surface area contributed by atoms with Crippen molar-refractivity contribution in [2.24, 2.45) is 16.8 Å². The summed E-state index contributed by atoms with van der Waals surface area (Å²) >= 11 is 0. The van der Waals surface area contributed by atoms with Crippen molar-refractivity contribution in [1.29, 1.82) is 0 Å². The zero-order valence-electron chi connectivity index (χ0n) is 12.6. The first-order chi connectivity index (χ1) is 9.46. The molecule has 2 fully saturated rings. The molecule has 6 heteroatoms. The number of hydrogen-bond donors (Lipinski definition) is 1. The highest BCUT2D eigenvalue weighted by Crippen LogP contribution is 2.17. The van der Waals surface area contributed by atoms with Crippen molar-refractivity contribution in [1.82, 2.24) is 10.2 Å². The van der Waals surface area contributed by atoms with Crippen LogP contribution >= 0.6 is 0 Å². The fourth-order valence-electron chi connectivity index (χ4n) is 2.73. The Morgan fingerprint density at radius 3 is 2.60 bits per heavy atom. The molecule has 0 spiro atoms. The Balaban J connectivity index is 1.89. The largest absolute Gasteiger partial charge is 0.356 e. The van der Waals surface area contributed by atoms with Gasteiger partial charge in [0.25, 0.3) is 0 Å². The Labute approximate surface area is 122 Å². The Kier molecular flexibility index (Phi) is 5.29. The van der Waals surface area contributed by atoms with Crippen LogP contribution in [0.25, 0.3) is 0 Å². The minimum Gasteiger partial charge on any atom is -0.356 e. The molecule has 0 aliphatic carbocycles. The third-order valence-electron chi connectivity index (χ3n) is 3.89. The van der Waals surface area contributed by atoms with Gasteiger partial charge in [0.05, 0.1) is 11.5 Å². The van der Waals surface area contributed by atoms with Crippen molar-refractivity contribution in [3.8, 4) is 0 Å². The van der Waals surface area contributed by atoms with Gasteiger partial charge in [0.2, 0.25) is 0 Å². The van der Waals surface area contributed by atoms with Gasteiger partial charge in [0, 0.05) is 26.2 Å². The summed E-state index contributed by atoms with van der Waals surface area (Å²) in [7, 11) is -2.78. The van der Waals surface area contributed by atoms with Gasteiger partial charge in [-0.25, -0.2) is 8.42 Å². The first-order valence-corrected chi connectivity index (χ1v) is 9.52. The third-order valence-corrected chi connectivity index (χ3v) is 5.72. The fourth-order valence-corrected chi connectivity index (χ4v) is 4.60. The molecule has 2 heterocycles. The molecule has 0 saturated carbocycles. The maximum Gasteiger partial charge on any atom is 0.193 e. The van der Waals surface area contributed by atoms with Gasteiger partial charge in [-0.05, 0) is 31.1 Å². The molecule has 2 aliphatic rings. The smallest absolute Gasteiger partial charge is 0.193 e. The number of aliphatic imine (C=N–C) groups is 1. The summed E-state index contributed by atoms with van der Waals surface area (Å²) in [6, 6.07) is 0. The van der Waals surface area contributed by atoms with E-state index in [1.807, 2.05) is 0 Å². The van der Waals surface area contributed by atoms with Crippen LogP contribution in [-0.2, 0) is 9.84 Å². The van der Waals surface area contributed by atoms with Crippen molar-refractivity contribution in [2.45, 2.75) is 33.1 Å². The van der Waals surface area contributed by atoms with E-state index in [9.17, 15) is 8.42 Å². The maximum atomic E-state index is 11.5. The molecule has 2 rings (SSSR count). The Morgan fingerprint density at radius 2 is 2.05 bits per heavy atom. The van der Waals surface area contributed by atoms with Gasteiger partial charge in [-0.1, -0.05) is 13.8 Å². The Hall–Kier alpha value is -0.780. The standard InChI is InChI=1S/C14H27N3O2S/c1-12(2)9-15-14(17-6-3-4-7-17)16-10-13-5-8-20(18,19)11-13/h12-13H,3-11H2,1-2H3,(H,15,16). The van der Waals surface area contributed by atoms with Gasteiger partial charge in [-0.2, -0.15) is 0 Å². The third kappa shape index (κ3) is 4.65. The number of nitrogens with one attached hydrogen (secondary N) is 1. The van der Waals surface area contributed by atoms with Gasteiger partial charge >= 0.3 is 0 Å². The summed E-state index contributed by atoms with van der Waals surface area (Å²) in [6.07, 6.45) is 3.23. The summed E-state index contributed by atoms with van der Waals surface area (Å²) in [5.74, 6) is 2.44. The van der Waals surface area contributed by atoms with Crippen molar-refractivity contribution in [3.63, 3.8) is 0 Å². The number of nitrogens with zero attached hydrogens (tertiary/aromatic N) is 2. The molecule has 1 atom stereocenters. The average molecular weight is 301 g/mol. The number of sulfone groups is 1. The quantitative estimate of drug-likeness (QED) is 0.624. The molecule has 0 bridgehead atoms. The number of guanidine groups is 1. The molecule has 20 heavy (non-hydrogen) atoms. The number of hydrogen-bond acceptors (Lipinski definition) is 3. The van der Waals surface area contributed by atoms with Crippen LogP contribution in [0.2, 0.25) is 0 Å². The zero-order valence-corrected chi connectivity index (χ0v) is 13.5. The SMILES string of the molecule is CC(C)CN=C(NCC1CCS(=O)(=O)C1)N1CCCC1. The van der Waals surface area contributed by atoms with Crippen LogP contribution in [0.3, 0.4) is 0 Å². The van der Waals surface area contributed by atoms with Crippen LogP contribution in [0.1, 0.15) is 33.1 Å². The van der Waals surface area contributed by atoms with Crippen LogP contribution in [0.15, 0.2) is 4.99 Å². The van der Waals surface area contributed by atoms with E-state index in [0.717, 1.165) is 38.6 Å². The van der Waals surface area contributed by atoms with E-state index in [4.69, 9.17) is 0 Å². The van der Waals surface area contributed by atoms with Crippen LogP contribution in [0.5, 0.6) is 0 Å². The summed E-state index contributed by atoms with van der Waals surface area (Å²) in [5, 5.41) is 3.41. The molecule has 1 unspecified atom stereocenters. The fraction of sp³-hybridized carbons (Fsp3) is 0.929. The van der Waals surface area contributed by atoms with E-state index < -0.39 is 9.84 Å². The topological polar surface area (TPSA) is 61.8 Å². The normalized spacial score (nSPS) is 26.4. The molecule has 1 N–H and O–H groups in total. The molecule has 2 saturated heterocycles. The van der Waals surface area contributed by atoms with E-state index in [1.165, 1.54) is 12.8 Å². The molecule has 0 aromatic carbocycles. The van der Waals surface area contributed by atoms with Crippen molar-refractivity contribution < 1.29 is 8.42 Å². The lowest BCUT2D eigenvalue weighted by atomic mass is 10.1. The molecule has 0 radical (unpaired) electrons. The van der Waals surface area contributed by atoms with Crippen molar-refractivity contribution in [2.75, 3.05) is 37.7 Å². The minimum absolute atomic E-state index is 0.242. The van der Waals surface area contributed by atoms with E-state index in [1.54, 1.807) is 0 Å². The highest BCUT2D eigenvalue weighted by atomic mass is 32.2. The molecule has 116 valence electrons. The lowest BCUT2D eigenvalue weighted by molar-refractivity contribution is 0.472. The van der Waals surface area contributed by atoms with E-state index in [-0.39, 0.29) is 5.92 Å². The predicted molar refractivity (Wildman–Crippen MR) is 82.7 cm³/mol. The van der Waals surface area contributed by atoms with Gasteiger partial charge < -0.3 is 10.2 Å². The van der Waals surface area contributed by atoms with Gasteiger partial charge in [0.1, 0.15) is 0 Å². The zero-order chi connectivity index (χ0) is 14.6. The van der Waals surface area contributed by atoms with Crippen LogP contribution < -0.4 is 5.32 Å². The van der Waals surface area contributed by atoms with Crippen LogP contribution in [0.4, 0.5) is 0 Å². The minimum atomic E-state index is -2.78. The lowest BCUT2D eigenvalue weighted by Crippen LogP contribution is -2.42. The molecular weight excluding hydrogens is 274 g/mol. The van der Waals surface area contributed by atoms with Gasteiger partial charge in [-0.15, -0.1) is 0 Å². The maximum absolute atomic E-state index is 11.5. The Morgan fingerprint density at radius 1 is 1.35 bits per heavy atom. The molecule has 0 aromatic rings. The van der Waals surface area contributed by atoms with Gasteiger partial charge in [-0.3, -0.25) is 4.99 Å². The molecule has 5 nitrogen and oxygen atoms in total. The van der Waals surface area contributed by atoms with Crippen molar-refractivity contribution >= 4 is 15.8 Å². The highest BCUT2D eigenvalue weighted by molar-refractivity contribution is 7.91. The molecule has 0 amide bonds.